The summed E-state index contributed by atoms with van der Waals surface area (Å²) in [5, 5.41) is 3.87. The van der Waals surface area contributed by atoms with Gasteiger partial charge >= 0.3 is 0 Å². The highest BCUT2D eigenvalue weighted by atomic mass is 79.9. The maximum Gasteiger partial charge on any atom is 0.253 e. The predicted molar refractivity (Wildman–Crippen MR) is 164 cm³/mol. The molecule has 1 N–H and O–H groups in total. The largest absolute Gasteiger partial charge is 0.339 e. The lowest BCUT2D eigenvalue weighted by atomic mass is 9.96. The van der Waals surface area contributed by atoms with Crippen LogP contribution in [0, 0.1) is 0 Å². The topological polar surface area (TPSA) is 85.8 Å². The quantitative estimate of drug-likeness (QED) is 0.343. The van der Waals surface area contributed by atoms with Crippen molar-refractivity contribution in [2.75, 3.05) is 13.1 Å². The Bertz CT molecular complexity index is 1450. The summed E-state index contributed by atoms with van der Waals surface area (Å²) in [6.45, 7) is 4.47. The molecular formula is C29H28BrCl2N5O3S. The number of halogens is 3. The first-order valence-corrected chi connectivity index (χ1v) is 15.4. The molecule has 3 atom stereocenters. The molecule has 3 amide bonds. The van der Waals surface area contributed by atoms with Crippen molar-refractivity contribution >= 4 is 68.8 Å². The Hall–Kier alpha value is -2.63. The van der Waals surface area contributed by atoms with Crippen molar-refractivity contribution < 1.29 is 14.4 Å². The molecule has 8 nitrogen and oxygen atoms in total. The number of nitrogens with one attached hydrogen (secondary N) is 1. The molecule has 5 rings (SSSR count). The molecule has 0 saturated carbocycles. The third-order valence-electron chi connectivity index (χ3n) is 7.14. The van der Waals surface area contributed by atoms with Gasteiger partial charge in [0.1, 0.15) is 18.2 Å². The van der Waals surface area contributed by atoms with Crippen molar-refractivity contribution in [3.05, 3.63) is 92.6 Å². The lowest BCUT2D eigenvalue weighted by Gasteiger charge is -2.54. The first kappa shape index (κ1) is 29.8. The third kappa shape index (κ3) is 6.57. The molecule has 3 heterocycles. The van der Waals surface area contributed by atoms with Crippen molar-refractivity contribution in [1.82, 2.24) is 24.4 Å². The number of fused-ring (bicyclic) bond motifs is 1. The first-order chi connectivity index (χ1) is 19.6. The summed E-state index contributed by atoms with van der Waals surface area (Å²) in [6.07, 6.45) is 2.91. The fourth-order valence-electron chi connectivity index (χ4n) is 5.08. The summed E-state index contributed by atoms with van der Waals surface area (Å²) in [7, 11) is 0. The van der Waals surface area contributed by atoms with Crippen molar-refractivity contribution in [2.45, 2.75) is 49.5 Å². The number of hydrogen-bond acceptors (Lipinski definition) is 6. The van der Waals surface area contributed by atoms with Gasteiger partial charge in [0.05, 0.1) is 17.1 Å². The van der Waals surface area contributed by atoms with Crippen molar-refractivity contribution in [3.63, 3.8) is 0 Å². The number of hydrogen-bond donors (Lipinski definition) is 1. The van der Waals surface area contributed by atoms with E-state index < -0.39 is 24.2 Å². The number of amides is 3. The van der Waals surface area contributed by atoms with E-state index in [4.69, 9.17) is 23.2 Å². The van der Waals surface area contributed by atoms with E-state index in [0.29, 0.717) is 28.6 Å². The minimum Gasteiger partial charge on any atom is -0.339 e. The summed E-state index contributed by atoms with van der Waals surface area (Å²) >= 11 is 17.5. The minimum absolute atomic E-state index is 0.0684. The third-order valence-corrected chi connectivity index (χ3v) is 9.50. The number of rotatable bonds is 7. The van der Waals surface area contributed by atoms with Crippen LogP contribution in [0.25, 0.3) is 0 Å². The molecule has 3 aromatic rings. The van der Waals surface area contributed by atoms with Crippen LogP contribution in [0.15, 0.2) is 76.4 Å². The van der Waals surface area contributed by atoms with E-state index in [1.807, 2.05) is 53.4 Å². The highest BCUT2D eigenvalue weighted by Crippen LogP contribution is 2.38. The molecule has 2 aromatic carbocycles. The zero-order valence-corrected chi connectivity index (χ0v) is 26.3. The molecule has 12 heteroatoms. The normalized spacial score (nSPS) is 21.3. The number of benzene rings is 2. The minimum atomic E-state index is -0.900. The Morgan fingerprint density at radius 1 is 1.10 bits per heavy atom. The van der Waals surface area contributed by atoms with E-state index in [2.05, 4.69) is 26.2 Å². The standard InChI is InChI=1S/C29H28BrCl2N5O3S/c1-17(2)35-16-26-36(41-25-10-9-21(31)13-22(25)32)15-23(34-27(38)19-4-3-11-33-14-19)28(39)37(26)24(29(35)40)12-18-5-7-20(30)8-6-18/h3-11,13-14,17,23-24,26H,12,15-16H2,1-2H3,(H,34,38). The Morgan fingerprint density at radius 2 is 1.85 bits per heavy atom. The number of pyridine rings is 1. The lowest BCUT2D eigenvalue weighted by molar-refractivity contribution is -0.168. The molecule has 41 heavy (non-hydrogen) atoms. The molecule has 0 bridgehead atoms. The Kier molecular flexibility index (Phi) is 9.25. The van der Waals surface area contributed by atoms with Crippen LogP contribution in [0.1, 0.15) is 29.8 Å². The Balaban J connectivity index is 1.53. The van der Waals surface area contributed by atoms with E-state index in [9.17, 15) is 14.4 Å². The van der Waals surface area contributed by atoms with Crippen molar-refractivity contribution in [1.29, 1.82) is 0 Å². The van der Waals surface area contributed by atoms with Gasteiger partial charge in [-0.05, 0) is 73.8 Å². The molecule has 1 aromatic heterocycles. The van der Waals surface area contributed by atoms with Crippen LogP contribution >= 0.6 is 51.1 Å². The van der Waals surface area contributed by atoms with E-state index in [0.717, 1.165) is 14.9 Å². The molecule has 214 valence electrons. The highest BCUT2D eigenvalue weighted by molar-refractivity contribution is 9.10. The monoisotopic (exact) mass is 675 g/mol. The molecule has 0 spiro atoms. The average Bonchev–Trinajstić information content (AvgIpc) is 2.95. The van der Waals surface area contributed by atoms with E-state index >= 15 is 0 Å². The van der Waals surface area contributed by atoms with Gasteiger partial charge in [-0.2, -0.15) is 0 Å². The van der Waals surface area contributed by atoms with Crippen molar-refractivity contribution in [3.8, 4) is 0 Å². The summed E-state index contributed by atoms with van der Waals surface area (Å²) in [4.78, 5) is 49.4. The lowest BCUT2D eigenvalue weighted by Crippen LogP contribution is -2.74. The molecule has 0 aliphatic carbocycles. The maximum absolute atomic E-state index is 14.2. The second-order valence-electron chi connectivity index (χ2n) is 10.2. The average molecular weight is 677 g/mol. The van der Waals surface area contributed by atoms with Gasteiger partial charge < -0.3 is 15.1 Å². The number of carbonyl (C=O) groups is 3. The highest BCUT2D eigenvalue weighted by Gasteiger charge is 2.51. The molecule has 2 aliphatic rings. The van der Waals surface area contributed by atoms with Gasteiger partial charge in [-0.3, -0.25) is 19.4 Å². The smallest absolute Gasteiger partial charge is 0.253 e. The Labute approximate surface area is 261 Å². The fourth-order valence-corrected chi connectivity index (χ4v) is 6.89. The summed E-state index contributed by atoms with van der Waals surface area (Å²) < 4.78 is 2.95. The van der Waals surface area contributed by atoms with Crippen LogP contribution in [0.3, 0.4) is 0 Å². The van der Waals surface area contributed by atoms with Crippen LogP contribution in [0.5, 0.6) is 0 Å². The van der Waals surface area contributed by atoms with E-state index in [1.165, 1.54) is 18.1 Å². The summed E-state index contributed by atoms with van der Waals surface area (Å²) in [6, 6.07) is 14.5. The van der Waals surface area contributed by atoms with E-state index in [1.54, 1.807) is 35.4 Å². The number of piperazine rings is 1. The van der Waals surface area contributed by atoms with Crippen LogP contribution in [0.4, 0.5) is 0 Å². The van der Waals surface area contributed by atoms with Crippen LogP contribution in [-0.4, -0.2) is 74.2 Å². The molecular weight excluding hydrogens is 649 g/mol. The van der Waals surface area contributed by atoms with Gasteiger partial charge in [-0.1, -0.05) is 51.3 Å². The molecule has 3 unspecified atom stereocenters. The SMILES string of the molecule is CC(C)N1CC2N(Sc3ccc(Cl)cc3Cl)CC(NC(=O)c3cccnc3)C(=O)N2C(Cc2ccc(Br)cc2)C1=O. The van der Waals surface area contributed by atoms with Gasteiger partial charge in [0, 0.05) is 45.8 Å². The zero-order chi connectivity index (χ0) is 29.3. The van der Waals surface area contributed by atoms with Crippen LogP contribution < -0.4 is 5.32 Å². The van der Waals surface area contributed by atoms with Gasteiger partial charge in [-0.25, -0.2) is 4.31 Å². The van der Waals surface area contributed by atoms with E-state index in [-0.39, 0.29) is 24.4 Å². The van der Waals surface area contributed by atoms with Gasteiger partial charge in [-0.15, -0.1) is 0 Å². The molecule has 2 saturated heterocycles. The second-order valence-corrected chi connectivity index (χ2v) is 13.0. The van der Waals surface area contributed by atoms with Gasteiger partial charge in [0.15, 0.2) is 0 Å². The van der Waals surface area contributed by atoms with Crippen molar-refractivity contribution in [2.24, 2.45) is 0 Å². The van der Waals surface area contributed by atoms with Crippen LogP contribution in [0.2, 0.25) is 10.0 Å². The number of carbonyl (C=O) groups excluding carboxylic acids is 3. The van der Waals surface area contributed by atoms with Gasteiger partial charge in [0.25, 0.3) is 5.91 Å². The number of aromatic nitrogens is 1. The summed E-state index contributed by atoms with van der Waals surface area (Å²) in [5.74, 6) is -0.840. The molecule has 0 radical (unpaired) electrons. The van der Waals surface area contributed by atoms with Crippen LogP contribution in [-0.2, 0) is 16.0 Å². The molecule has 2 fully saturated rings. The first-order valence-electron chi connectivity index (χ1n) is 13.1. The summed E-state index contributed by atoms with van der Waals surface area (Å²) in [5.41, 5.74) is 1.26. The molecule has 2 aliphatic heterocycles. The maximum atomic E-state index is 14.2. The second kappa shape index (κ2) is 12.7. The predicted octanol–water partition coefficient (Wildman–Crippen LogP) is 5.29. The number of nitrogens with zero attached hydrogens (tertiary/aromatic N) is 4. The zero-order valence-electron chi connectivity index (χ0n) is 22.3. The fraction of sp³-hybridized carbons (Fsp3) is 0.310. The van der Waals surface area contributed by atoms with Gasteiger partial charge in [0.2, 0.25) is 11.8 Å². The Morgan fingerprint density at radius 3 is 2.51 bits per heavy atom.